The van der Waals surface area contributed by atoms with E-state index in [0.717, 1.165) is 11.3 Å². The second-order valence-corrected chi connectivity index (χ2v) is 6.60. The lowest BCUT2D eigenvalue weighted by Crippen LogP contribution is -2.14. The Bertz CT molecular complexity index is 1080. The molecule has 0 saturated heterocycles. The molecule has 124 valence electrons. The Labute approximate surface area is 155 Å². The molecule has 3 aromatic heterocycles. The fourth-order valence-corrected chi connectivity index (χ4v) is 3.40. The predicted octanol–water partition coefficient (Wildman–Crippen LogP) is 3.81. The summed E-state index contributed by atoms with van der Waals surface area (Å²) in [5.74, 6) is -0.268. The topological polar surface area (TPSA) is 85.1 Å². The lowest BCUT2D eigenvalue weighted by Gasteiger charge is -2.03. The van der Waals surface area contributed by atoms with E-state index in [9.17, 15) is 4.79 Å². The van der Waals surface area contributed by atoms with Crippen LogP contribution >= 0.6 is 34.5 Å². The Morgan fingerprint density at radius 3 is 2.92 bits per heavy atom. The molecule has 0 bridgehead atoms. The maximum atomic E-state index is 12.1. The van der Waals surface area contributed by atoms with Crippen molar-refractivity contribution in [2.45, 2.75) is 0 Å². The Morgan fingerprint density at radius 1 is 1.24 bits per heavy atom. The highest BCUT2D eigenvalue weighted by Crippen LogP contribution is 2.33. The van der Waals surface area contributed by atoms with Crippen molar-refractivity contribution in [2.75, 3.05) is 5.32 Å². The highest BCUT2D eigenvalue weighted by molar-refractivity contribution is 7.15. The van der Waals surface area contributed by atoms with Gasteiger partial charge in [-0.1, -0.05) is 23.2 Å². The Morgan fingerprint density at radius 2 is 2.12 bits per heavy atom. The molecule has 0 radical (unpaired) electrons. The van der Waals surface area contributed by atoms with Crippen LogP contribution in [0.5, 0.6) is 0 Å². The number of rotatable bonds is 3. The quantitative estimate of drug-likeness (QED) is 0.574. The van der Waals surface area contributed by atoms with Gasteiger partial charge in [0.25, 0.3) is 11.9 Å². The number of carbonyl (C=O) groups excluding carboxylic acids is 1. The molecule has 0 spiro atoms. The summed E-state index contributed by atoms with van der Waals surface area (Å²) < 4.78 is 1.61. The summed E-state index contributed by atoms with van der Waals surface area (Å²) in [7, 11) is 0. The van der Waals surface area contributed by atoms with Crippen LogP contribution in [0.15, 0.2) is 42.2 Å². The van der Waals surface area contributed by atoms with E-state index in [1.165, 1.54) is 29.9 Å². The summed E-state index contributed by atoms with van der Waals surface area (Å²) >= 11 is 13.7. The van der Waals surface area contributed by atoms with Crippen LogP contribution in [-0.2, 0) is 0 Å². The first-order valence-corrected chi connectivity index (χ1v) is 8.62. The number of hydrogen-bond acceptors (Lipinski definition) is 6. The molecule has 1 N–H and O–H groups in total. The minimum atomic E-state index is -0.436. The van der Waals surface area contributed by atoms with Crippen molar-refractivity contribution in [1.29, 1.82) is 0 Å². The fourth-order valence-electron chi connectivity index (χ4n) is 2.20. The van der Waals surface area contributed by atoms with Crippen molar-refractivity contribution in [3.8, 4) is 11.3 Å². The minimum absolute atomic E-state index is 0.168. The number of nitrogens with one attached hydrogen (secondary N) is 1. The number of amides is 1. The number of hydrogen-bond donors (Lipinski definition) is 1. The van der Waals surface area contributed by atoms with E-state index in [1.807, 2.05) is 5.38 Å². The van der Waals surface area contributed by atoms with E-state index in [4.69, 9.17) is 23.2 Å². The smallest absolute Gasteiger partial charge is 0.278 e. The number of carbonyl (C=O) groups is 1. The lowest BCUT2D eigenvalue weighted by atomic mass is 10.2. The summed E-state index contributed by atoms with van der Waals surface area (Å²) in [6.07, 6.45) is 4.29. The van der Waals surface area contributed by atoms with Gasteiger partial charge in [-0.25, -0.2) is 9.50 Å². The number of anilines is 1. The van der Waals surface area contributed by atoms with Crippen molar-refractivity contribution in [2.24, 2.45) is 0 Å². The van der Waals surface area contributed by atoms with Gasteiger partial charge in [-0.2, -0.15) is 4.98 Å². The third kappa shape index (κ3) is 3.07. The van der Waals surface area contributed by atoms with Crippen LogP contribution in [0, 0.1) is 0 Å². The molecule has 10 heteroatoms. The van der Waals surface area contributed by atoms with Crippen molar-refractivity contribution in [3.63, 3.8) is 0 Å². The summed E-state index contributed by atoms with van der Waals surface area (Å²) in [6, 6.07) is 5.19. The molecule has 3 heterocycles. The lowest BCUT2D eigenvalue weighted by molar-refractivity contribution is 0.102. The van der Waals surface area contributed by atoms with Crippen LogP contribution < -0.4 is 5.32 Å². The van der Waals surface area contributed by atoms with Crippen LogP contribution in [0.3, 0.4) is 0 Å². The molecular formula is C15H8Cl2N6OS. The van der Waals surface area contributed by atoms with Gasteiger partial charge in [-0.15, -0.1) is 16.4 Å². The summed E-state index contributed by atoms with van der Waals surface area (Å²) in [5.41, 5.74) is 1.65. The van der Waals surface area contributed by atoms with Crippen LogP contribution in [-0.4, -0.2) is 30.5 Å². The van der Waals surface area contributed by atoms with Gasteiger partial charge in [0.05, 0.1) is 16.9 Å². The van der Waals surface area contributed by atoms with Crippen LogP contribution in [0.4, 0.5) is 5.95 Å². The number of nitrogens with zero attached hydrogens (tertiary/aromatic N) is 5. The zero-order valence-corrected chi connectivity index (χ0v) is 14.7. The molecule has 0 saturated carbocycles. The number of thiazole rings is 1. The Balaban J connectivity index is 1.69. The van der Waals surface area contributed by atoms with Crippen molar-refractivity contribution < 1.29 is 4.79 Å². The first-order valence-electron chi connectivity index (χ1n) is 6.99. The molecule has 7 nitrogen and oxygen atoms in total. The number of fused-ring (bicyclic) bond motifs is 1. The van der Waals surface area contributed by atoms with Crippen molar-refractivity contribution >= 4 is 51.4 Å². The van der Waals surface area contributed by atoms with Crippen LogP contribution in [0.2, 0.25) is 10.0 Å². The van der Waals surface area contributed by atoms with Crippen molar-refractivity contribution in [3.05, 3.63) is 57.9 Å². The summed E-state index contributed by atoms with van der Waals surface area (Å²) in [4.78, 5) is 24.8. The maximum Gasteiger partial charge on any atom is 0.278 e. The fraction of sp³-hybridized carbons (Fsp3) is 0. The summed E-state index contributed by atoms with van der Waals surface area (Å²) in [6.45, 7) is 0. The SMILES string of the molecule is O=C(Nc1nc2scc(-c3cc(Cl)ccc3Cl)n2n1)c1cnccn1. The highest BCUT2D eigenvalue weighted by Gasteiger charge is 2.16. The van der Waals surface area contributed by atoms with Crippen molar-refractivity contribution in [1.82, 2.24) is 24.6 Å². The maximum absolute atomic E-state index is 12.1. The van der Waals surface area contributed by atoms with Crippen LogP contribution in [0.25, 0.3) is 16.2 Å². The Hall–Kier alpha value is -2.55. The second-order valence-electron chi connectivity index (χ2n) is 4.92. The van der Waals surface area contributed by atoms with E-state index in [-0.39, 0.29) is 11.6 Å². The van der Waals surface area contributed by atoms with E-state index in [1.54, 1.807) is 22.7 Å². The normalized spacial score (nSPS) is 11.0. The van der Waals surface area contributed by atoms with Gasteiger partial charge in [0.15, 0.2) is 0 Å². The van der Waals surface area contributed by atoms with Gasteiger partial charge in [0.2, 0.25) is 4.96 Å². The second kappa shape index (κ2) is 6.40. The van der Waals surface area contributed by atoms with Crippen LogP contribution in [0.1, 0.15) is 10.5 Å². The minimum Gasteiger partial charge on any atom is -0.288 e. The molecule has 0 unspecified atom stereocenters. The molecule has 0 aliphatic carbocycles. The molecule has 1 amide bonds. The van der Waals surface area contributed by atoms with Gasteiger partial charge in [0, 0.05) is 28.4 Å². The molecule has 25 heavy (non-hydrogen) atoms. The number of aromatic nitrogens is 5. The first-order chi connectivity index (χ1) is 12.1. The predicted molar refractivity (Wildman–Crippen MR) is 96.3 cm³/mol. The average molecular weight is 391 g/mol. The number of halogens is 2. The highest BCUT2D eigenvalue weighted by atomic mass is 35.5. The standard InChI is InChI=1S/C15H8Cl2N6OS/c16-8-1-2-10(17)9(5-8)12-7-25-15-21-14(22-23(12)15)20-13(24)11-6-18-3-4-19-11/h1-7H,(H,20,22,24). The van der Waals surface area contributed by atoms with E-state index < -0.39 is 5.91 Å². The third-order valence-electron chi connectivity index (χ3n) is 3.31. The zero-order chi connectivity index (χ0) is 17.4. The van der Waals surface area contributed by atoms with Gasteiger partial charge in [-0.3, -0.25) is 15.1 Å². The molecule has 4 aromatic rings. The Kier molecular flexibility index (Phi) is 4.08. The number of benzene rings is 1. The van der Waals surface area contributed by atoms with Gasteiger partial charge >= 0.3 is 0 Å². The van der Waals surface area contributed by atoms with Gasteiger partial charge in [-0.05, 0) is 18.2 Å². The van der Waals surface area contributed by atoms with Gasteiger partial charge in [0.1, 0.15) is 5.69 Å². The molecule has 0 aliphatic heterocycles. The molecule has 0 aliphatic rings. The molecule has 1 aromatic carbocycles. The van der Waals surface area contributed by atoms with Gasteiger partial charge < -0.3 is 0 Å². The largest absolute Gasteiger partial charge is 0.288 e. The molecular weight excluding hydrogens is 383 g/mol. The monoisotopic (exact) mass is 390 g/mol. The average Bonchev–Trinajstić information content (AvgIpc) is 3.18. The third-order valence-corrected chi connectivity index (χ3v) is 4.69. The molecule has 4 rings (SSSR count). The van der Waals surface area contributed by atoms with E-state index in [2.05, 4.69) is 25.4 Å². The molecule has 0 fully saturated rings. The molecule has 0 atom stereocenters. The first kappa shape index (κ1) is 15.9. The van der Waals surface area contributed by atoms with E-state index in [0.29, 0.717) is 15.0 Å². The zero-order valence-electron chi connectivity index (χ0n) is 12.3. The van der Waals surface area contributed by atoms with E-state index >= 15 is 0 Å². The summed E-state index contributed by atoms with van der Waals surface area (Å²) in [5, 5.41) is 9.91.